The normalized spacial score (nSPS) is 16.8. The fraction of sp³-hybridized carbons (Fsp3) is 0.391. The summed E-state index contributed by atoms with van der Waals surface area (Å²) in [4.78, 5) is 8.61. The molecule has 2 aromatic carbocycles. The van der Waals surface area contributed by atoms with Gasteiger partial charge >= 0.3 is 0 Å². The molecule has 3 aromatic rings. The van der Waals surface area contributed by atoms with Crippen LogP contribution in [0, 0.1) is 5.82 Å². The molecule has 1 aliphatic heterocycles. The average molecular weight is 464 g/mol. The molecule has 1 aromatic heterocycles. The molecule has 170 valence electrons. The molecule has 9 heteroatoms. The Bertz CT molecular complexity index is 1120. The van der Waals surface area contributed by atoms with Gasteiger partial charge in [-0.2, -0.15) is 11.8 Å². The molecule has 1 saturated heterocycles. The third kappa shape index (κ3) is 4.23. The van der Waals surface area contributed by atoms with Crippen LogP contribution in [0.3, 0.4) is 0 Å². The molecular formula is C23H24F3N3O2S. The van der Waals surface area contributed by atoms with E-state index in [-0.39, 0.29) is 5.56 Å². The van der Waals surface area contributed by atoms with Crippen molar-refractivity contribution < 1.29 is 23.0 Å². The van der Waals surface area contributed by atoms with Gasteiger partial charge in [-0.15, -0.1) is 0 Å². The van der Waals surface area contributed by atoms with Gasteiger partial charge in [-0.1, -0.05) is 18.2 Å². The number of halogens is 3. The Balaban J connectivity index is 1.75. The van der Waals surface area contributed by atoms with Crippen LogP contribution in [0.4, 0.5) is 19.0 Å². The number of anilines is 1. The molecule has 0 unspecified atom stereocenters. The van der Waals surface area contributed by atoms with Gasteiger partial charge in [-0.3, -0.25) is 0 Å². The monoisotopic (exact) mass is 463 g/mol. The summed E-state index contributed by atoms with van der Waals surface area (Å²) in [6, 6.07) is 6.89. The minimum absolute atomic E-state index is 0.117. The Labute approximate surface area is 188 Å². The highest BCUT2D eigenvalue weighted by Gasteiger charge is 2.35. The van der Waals surface area contributed by atoms with Gasteiger partial charge in [-0.25, -0.2) is 23.1 Å². The molecule has 0 bridgehead atoms. The summed E-state index contributed by atoms with van der Waals surface area (Å²) in [6.45, 7) is 1.68. The minimum Gasteiger partial charge on any atom is -0.496 e. The van der Waals surface area contributed by atoms with Crippen LogP contribution in [0.1, 0.15) is 48.9 Å². The van der Waals surface area contributed by atoms with E-state index < -0.39 is 29.4 Å². The molecule has 0 aliphatic carbocycles. The Morgan fingerprint density at radius 3 is 2.56 bits per heavy atom. The van der Waals surface area contributed by atoms with Gasteiger partial charge in [0.25, 0.3) is 6.43 Å². The maximum atomic E-state index is 14.6. The zero-order valence-corrected chi connectivity index (χ0v) is 18.6. The fourth-order valence-corrected chi connectivity index (χ4v) is 5.23. The number of rotatable bonds is 6. The molecule has 4 rings (SSSR count). The number of hydrogen-bond donors (Lipinski definition) is 2. The Hall–Kier alpha value is -2.52. The van der Waals surface area contributed by atoms with Crippen LogP contribution >= 0.6 is 11.8 Å². The predicted octanol–water partition coefficient (Wildman–Crippen LogP) is 5.60. The van der Waals surface area contributed by atoms with E-state index in [0.717, 1.165) is 17.6 Å². The molecule has 0 radical (unpaired) electrons. The number of methoxy groups -OCH3 is 1. The third-order valence-electron chi connectivity index (χ3n) is 5.89. The molecule has 1 aliphatic rings. The van der Waals surface area contributed by atoms with Gasteiger partial charge in [-0.05, 0) is 37.3 Å². The van der Waals surface area contributed by atoms with Crippen molar-refractivity contribution in [2.24, 2.45) is 0 Å². The van der Waals surface area contributed by atoms with Gasteiger partial charge in [0.05, 0.1) is 29.8 Å². The van der Waals surface area contributed by atoms with Crippen LogP contribution in [-0.4, -0.2) is 33.7 Å². The number of alkyl halides is 2. The van der Waals surface area contributed by atoms with Crippen LogP contribution in [0.2, 0.25) is 0 Å². The van der Waals surface area contributed by atoms with Crippen LogP contribution in [0.5, 0.6) is 5.75 Å². The molecule has 1 fully saturated rings. The van der Waals surface area contributed by atoms with E-state index in [9.17, 15) is 18.3 Å². The SMILES string of the molecule is COc1cc2ncnc(N[C@H](C)c3cccc(C(F)F)c3F)c2cc1C1(O)CCSCC1. The minimum atomic E-state index is -2.90. The van der Waals surface area contributed by atoms with Crippen molar-refractivity contribution in [3.8, 4) is 5.75 Å². The van der Waals surface area contributed by atoms with Crippen molar-refractivity contribution in [2.75, 3.05) is 23.9 Å². The van der Waals surface area contributed by atoms with Crippen molar-refractivity contribution in [3.63, 3.8) is 0 Å². The van der Waals surface area contributed by atoms with E-state index in [1.807, 2.05) is 6.07 Å². The highest BCUT2D eigenvalue weighted by molar-refractivity contribution is 7.99. The Kier molecular flexibility index (Phi) is 6.48. The summed E-state index contributed by atoms with van der Waals surface area (Å²) < 4.78 is 46.4. The fourth-order valence-electron chi connectivity index (χ4n) is 4.06. The maximum Gasteiger partial charge on any atom is 0.266 e. The van der Waals surface area contributed by atoms with Gasteiger partial charge in [0.1, 0.15) is 23.7 Å². The summed E-state index contributed by atoms with van der Waals surface area (Å²) in [5.74, 6) is 1.70. The summed E-state index contributed by atoms with van der Waals surface area (Å²) >= 11 is 1.80. The first kappa shape index (κ1) is 22.7. The second-order valence-electron chi connectivity index (χ2n) is 7.85. The van der Waals surface area contributed by atoms with E-state index in [1.54, 1.807) is 31.9 Å². The van der Waals surface area contributed by atoms with Crippen molar-refractivity contribution in [1.29, 1.82) is 0 Å². The molecule has 2 heterocycles. The first-order valence-corrected chi connectivity index (χ1v) is 11.5. The molecule has 1 atom stereocenters. The van der Waals surface area contributed by atoms with Crippen LogP contribution in [-0.2, 0) is 5.60 Å². The van der Waals surface area contributed by atoms with Crippen molar-refractivity contribution in [2.45, 2.75) is 37.8 Å². The Morgan fingerprint density at radius 1 is 1.16 bits per heavy atom. The number of nitrogens with zero attached hydrogens (tertiary/aromatic N) is 2. The lowest BCUT2D eigenvalue weighted by Gasteiger charge is -2.33. The predicted molar refractivity (Wildman–Crippen MR) is 120 cm³/mol. The molecule has 5 nitrogen and oxygen atoms in total. The molecule has 2 N–H and O–H groups in total. The van der Waals surface area contributed by atoms with Crippen LogP contribution in [0.25, 0.3) is 10.9 Å². The third-order valence-corrected chi connectivity index (χ3v) is 6.88. The first-order chi connectivity index (χ1) is 15.3. The van der Waals surface area contributed by atoms with Gasteiger partial charge in [0, 0.05) is 22.6 Å². The van der Waals surface area contributed by atoms with Crippen LogP contribution < -0.4 is 10.1 Å². The lowest BCUT2D eigenvalue weighted by atomic mass is 9.86. The van der Waals surface area contributed by atoms with E-state index in [0.29, 0.717) is 40.9 Å². The number of fused-ring (bicyclic) bond motifs is 1. The standard InChI is InChI=1S/C23H24F3N3O2S/c1-13(14-4-3-5-15(20(14)24)21(25)26)29-22-16-10-17(23(30)6-8-32-9-7-23)19(31-2)11-18(16)27-12-28-22/h3-5,10-13,21,30H,6-9H2,1-2H3,(H,27,28,29)/t13-/m1/s1. The summed E-state index contributed by atoms with van der Waals surface area (Å²) in [6.07, 6.45) is -0.337. The largest absolute Gasteiger partial charge is 0.496 e. The van der Waals surface area contributed by atoms with E-state index in [1.165, 1.54) is 18.5 Å². The number of aromatic nitrogens is 2. The second kappa shape index (κ2) is 9.15. The number of aliphatic hydroxyl groups is 1. The summed E-state index contributed by atoms with van der Waals surface area (Å²) in [5, 5.41) is 15.1. The lowest BCUT2D eigenvalue weighted by Crippen LogP contribution is -2.31. The van der Waals surface area contributed by atoms with Gasteiger partial charge in [0.2, 0.25) is 0 Å². The summed E-state index contributed by atoms with van der Waals surface area (Å²) in [7, 11) is 1.55. The average Bonchev–Trinajstić information content (AvgIpc) is 2.78. The molecule has 0 spiro atoms. The molecular weight excluding hydrogens is 439 g/mol. The van der Waals surface area contributed by atoms with E-state index >= 15 is 0 Å². The van der Waals surface area contributed by atoms with Crippen molar-refractivity contribution >= 4 is 28.5 Å². The number of nitrogens with one attached hydrogen (secondary N) is 1. The summed E-state index contributed by atoms with van der Waals surface area (Å²) in [5.41, 5.74) is -0.296. The first-order valence-electron chi connectivity index (χ1n) is 10.3. The number of hydrogen-bond acceptors (Lipinski definition) is 6. The second-order valence-corrected chi connectivity index (χ2v) is 9.08. The topological polar surface area (TPSA) is 67.3 Å². The Morgan fingerprint density at radius 2 is 1.88 bits per heavy atom. The molecule has 0 saturated carbocycles. The van der Waals surface area contributed by atoms with Gasteiger partial charge in [0.15, 0.2) is 0 Å². The number of ether oxygens (including phenoxy) is 1. The molecule has 0 amide bonds. The quantitative estimate of drug-likeness (QED) is 0.496. The van der Waals surface area contributed by atoms with E-state index in [4.69, 9.17) is 4.74 Å². The maximum absolute atomic E-state index is 14.6. The number of thioether (sulfide) groups is 1. The van der Waals surface area contributed by atoms with Crippen molar-refractivity contribution in [3.05, 3.63) is 59.2 Å². The molecule has 32 heavy (non-hydrogen) atoms. The zero-order valence-electron chi connectivity index (χ0n) is 17.7. The van der Waals surface area contributed by atoms with Crippen LogP contribution in [0.15, 0.2) is 36.7 Å². The lowest BCUT2D eigenvalue weighted by molar-refractivity contribution is 0.0259. The number of benzene rings is 2. The highest BCUT2D eigenvalue weighted by atomic mass is 32.2. The van der Waals surface area contributed by atoms with E-state index in [2.05, 4.69) is 15.3 Å². The smallest absolute Gasteiger partial charge is 0.266 e. The van der Waals surface area contributed by atoms with Gasteiger partial charge < -0.3 is 15.2 Å². The zero-order chi connectivity index (χ0) is 22.9. The van der Waals surface area contributed by atoms with Crippen molar-refractivity contribution in [1.82, 2.24) is 9.97 Å². The highest BCUT2D eigenvalue weighted by Crippen LogP contribution is 2.42.